The average Bonchev–Trinajstić information content (AvgIpc) is 2.74. The third kappa shape index (κ3) is 6.42. The maximum absolute atomic E-state index is 12.8. The van der Waals surface area contributed by atoms with Crippen molar-refractivity contribution in [2.45, 2.75) is 26.8 Å². The Hall–Kier alpha value is -2.15. The lowest BCUT2D eigenvalue weighted by Gasteiger charge is -2.43. The number of rotatable bonds is 5. The summed E-state index contributed by atoms with van der Waals surface area (Å²) in [6.07, 6.45) is 0. The van der Waals surface area contributed by atoms with Crippen molar-refractivity contribution in [3.8, 4) is 4.08 Å². The van der Waals surface area contributed by atoms with Crippen molar-refractivity contribution in [2.24, 2.45) is 5.92 Å². The maximum atomic E-state index is 12.8. The number of piperazine rings is 1. The van der Waals surface area contributed by atoms with E-state index in [0.29, 0.717) is 30.6 Å². The molecule has 8 heteroatoms. The van der Waals surface area contributed by atoms with Crippen LogP contribution in [-0.2, 0) is 0 Å². The second-order valence-electron chi connectivity index (χ2n) is 7.85. The summed E-state index contributed by atoms with van der Waals surface area (Å²) >= 11 is 5.11. The fraction of sp³-hybridized carbons (Fsp3) is 0.348. The Balaban J connectivity index is 1.73. The van der Waals surface area contributed by atoms with Gasteiger partial charge in [-0.1, -0.05) is 37.6 Å². The number of halogens is 2. The molecule has 0 saturated carbocycles. The van der Waals surface area contributed by atoms with Crippen molar-refractivity contribution < 1.29 is 4.79 Å². The molecule has 0 aromatic heterocycles. The Morgan fingerprint density at radius 3 is 2.55 bits per heavy atom. The molecular weight excluding hydrogens is 525 g/mol. The zero-order valence-electron chi connectivity index (χ0n) is 17.9. The summed E-state index contributed by atoms with van der Waals surface area (Å²) in [6, 6.07) is 15.3. The van der Waals surface area contributed by atoms with E-state index in [2.05, 4.69) is 52.5 Å². The first kappa shape index (κ1) is 23.5. The van der Waals surface area contributed by atoms with E-state index in [1.54, 1.807) is 24.3 Å². The summed E-state index contributed by atoms with van der Waals surface area (Å²) in [5.74, 6) is 0.322. The average molecular weight is 552 g/mol. The molecule has 1 saturated heterocycles. The lowest BCUT2D eigenvalue weighted by Crippen LogP contribution is -2.59. The molecule has 3 rings (SSSR count). The van der Waals surface area contributed by atoms with Gasteiger partial charge >= 0.3 is 6.03 Å². The van der Waals surface area contributed by atoms with Crippen LogP contribution in [0.25, 0.3) is 0 Å². The molecule has 0 spiro atoms. The van der Waals surface area contributed by atoms with Gasteiger partial charge in [-0.25, -0.2) is 9.69 Å². The van der Waals surface area contributed by atoms with Gasteiger partial charge in [0.15, 0.2) is 0 Å². The Labute approximate surface area is 198 Å². The van der Waals surface area contributed by atoms with Crippen molar-refractivity contribution in [1.82, 2.24) is 9.80 Å². The standard InChI is InChI=1S/C23H27ClIN5O/c1-16(2)21-14-29(23(31)28-19-9-7-18(24)8-10-19)11-12-30(21)22(25-15-26)27-20-6-4-5-17(3)13-20/h4-10,13,16,21,27H,11-12,14H2,1-3H3,(H,28,31). The third-order valence-corrected chi connectivity index (χ3v) is 7.11. The molecule has 2 aromatic rings. The molecule has 1 heterocycles. The van der Waals surface area contributed by atoms with E-state index in [1.807, 2.05) is 17.0 Å². The Morgan fingerprint density at radius 1 is 1.16 bits per heavy atom. The number of hydrogen-bond donors (Lipinski definition) is 2. The van der Waals surface area contributed by atoms with Crippen molar-refractivity contribution >= 4 is 53.5 Å². The van der Waals surface area contributed by atoms with Crippen LogP contribution in [0.1, 0.15) is 19.4 Å². The van der Waals surface area contributed by atoms with E-state index in [4.69, 9.17) is 11.6 Å². The number of nitriles is 1. The predicted octanol–water partition coefficient (Wildman–Crippen LogP) is 5.47. The van der Waals surface area contributed by atoms with E-state index >= 15 is 0 Å². The molecule has 1 aliphatic heterocycles. The van der Waals surface area contributed by atoms with Gasteiger partial charge in [0.2, 0.25) is 0 Å². The number of benzene rings is 2. The topological polar surface area (TPSA) is 71.4 Å². The summed E-state index contributed by atoms with van der Waals surface area (Å²) < 4.78 is 3.38. The monoisotopic (exact) mass is 551 g/mol. The van der Waals surface area contributed by atoms with E-state index in [9.17, 15) is 10.1 Å². The highest BCUT2D eigenvalue weighted by Gasteiger charge is 2.34. The normalized spacial score (nSPS) is 17.6. The van der Waals surface area contributed by atoms with Crippen LogP contribution in [0, 0.1) is 22.2 Å². The molecule has 31 heavy (non-hydrogen) atoms. The number of nitrogens with zero attached hydrogens (tertiary/aromatic N) is 3. The second kappa shape index (κ2) is 10.9. The van der Waals surface area contributed by atoms with Crippen LogP contribution in [0.5, 0.6) is 0 Å². The van der Waals surface area contributed by atoms with Gasteiger partial charge in [0.05, 0.1) is 0 Å². The van der Waals surface area contributed by atoms with Gasteiger partial charge in [-0.05, 0) is 54.8 Å². The summed E-state index contributed by atoms with van der Waals surface area (Å²) in [4.78, 5) is 17.0. The molecule has 164 valence electrons. The zero-order chi connectivity index (χ0) is 22.4. The summed E-state index contributed by atoms with van der Waals surface area (Å²) in [6.45, 7) is 8.26. The highest BCUT2D eigenvalue weighted by molar-refractivity contribution is 14.2. The number of anilines is 2. The minimum Gasteiger partial charge on any atom is -0.341 e. The first-order chi connectivity index (χ1) is 14.9. The molecule has 0 radical (unpaired) electrons. The lowest BCUT2D eigenvalue weighted by atomic mass is 10.00. The van der Waals surface area contributed by atoms with E-state index in [0.717, 1.165) is 15.1 Å². The molecule has 2 aromatic carbocycles. The van der Waals surface area contributed by atoms with Gasteiger partial charge in [-0.3, -0.25) is 0 Å². The van der Waals surface area contributed by atoms with Gasteiger partial charge in [0, 0.05) is 62.8 Å². The molecule has 2 amide bonds. The number of carbonyl (C=O) groups excluding carboxylic acids is 1. The predicted molar refractivity (Wildman–Crippen MR) is 137 cm³/mol. The molecule has 1 aliphatic rings. The van der Waals surface area contributed by atoms with Crippen molar-refractivity contribution in [3.05, 3.63) is 59.1 Å². The molecule has 2 N–H and O–H groups in total. The fourth-order valence-electron chi connectivity index (χ4n) is 3.58. The molecule has 1 atom stereocenters. The van der Waals surface area contributed by atoms with Crippen LogP contribution in [0.2, 0.25) is 5.02 Å². The van der Waals surface area contributed by atoms with Crippen LogP contribution in [-0.4, -0.2) is 45.3 Å². The van der Waals surface area contributed by atoms with Crippen molar-refractivity contribution in [1.29, 1.82) is 5.26 Å². The van der Waals surface area contributed by atoms with E-state index in [-0.39, 0.29) is 12.1 Å². The van der Waals surface area contributed by atoms with Gasteiger partial charge in [-0.15, -0.1) is 0 Å². The van der Waals surface area contributed by atoms with Gasteiger partial charge < -0.3 is 15.5 Å². The van der Waals surface area contributed by atoms with Gasteiger partial charge in [0.25, 0.3) is 0 Å². The molecule has 0 aliphatic carbocycles. The maximum Gasteiger partial charge on any atom is 0.321 e. The van der Waals surface area contributed by atoms with E-state index < -0.39 is 20.7 Å². The molecule has 6 nitrogen and oxygen atoms in total. The zero-order valence-corrected chi connectivity index (χ0v) is 20.8. The van der Waals surface area contributed by atoms with Crippen LogP contribution in [0.3, 0.4) is 0 Å². The largest absolute Gasteiger partial charge is 0.341 e. The van der Waals surface area contributed by atoms with Crippen LogP contribution < -0.4 is 10.6 Å². The Morgan fingerprint density at radius 2 is 1.90 bits per heavy atom. The van der Waals surface area contributed by atoms with Crippen LogP contribution >= 0.6 is 32.3 Å². The molecule has 0 bridgehead atoms. The lowest BCUT2D eigenvalue weighted by molar-refractivity contribution is 0.122. The van der Waals surface area contributed by atoms with Crippen LogP contribution in [0.4, 0.5) is 16.2 Å². The third-order valence-electron chi connectivity index (χ3n) is 5.22. The minimum absolute atomic E-state index is 0.115. The highest BCUT2D eigenvalue weighted by Crippen LogP contribution is 2.23. The van der Waals surface area contributed by atoms with Crippen molar-refractivity contribution in [3.63, 3.8) is 0 Å². The smallest absolute Gasteiger partial charge is 0.321 e. The Kier molecular flexibility index (Phi) is 8.29. The number of amides is 2. The molecular formula is C23H27ClIN5O. The van der Waals surface area contributed by atoms with Gasteiger partial charge in [-0.2, -0.15) is 5.26 Å². The molecule has 1 unspecified atom stereocenters. The number of hydrogen-bond acceptors (Lipinski definition) is 4. The first-order valence-electron chi connectivity index (χ1n) is 10.2. The van der Waals surface area contributed by atoms with Crippen molar-refractivity contribution in [2.75, 3.05) is 30.3 Å². The van der Waals surface area contributed by atoms with E-state index in [1.165, 1.54) is 5.56 Å². The highest BCUT2D eigenvalue weighted by atomic mass is 127. The number of urea groups is 1. The fourth-order valence-corrected chi connectivity index (χ4v) is 5.29. The SMILES string of the molecule is Cc1cccc(NC(=IC#N)N2CCN(C(=O)Nc3ccc(Cl)cc3)CC2C(C)C)c1. The number of aryl methyl sites for hydroxylation is 1. The summed E-state index contributed by atoms with van der Waals surface area (Å²) in [7, 11) is 0. The van der Waals surface area contributed by atoms with Gasteiger partial charge in [0.1, 0.15) is 7.83 Å². The quantitative estimate of drug-likeness (QED) is 0.483. The van der Waals surface area contributed by atoms with Crippen LogP contribution in [0.15, 0.2) is 48.5 Å². The molecule has 1 fully saturated rings. The first-order valence-corrected chi connectivity index (χ1v) is 12.7. The number of nitrogens with one attached hydrogen (secondary N) is 2. The second-order valence-corrected chi connectivity index (χ2v) is 10.3. The summed E-state index contributed by atoms with van der Waals surface area (Å²) in [5, 5.41) is 16.6. The minimum atomic E-state index is -0.820. The summed E-state index contributed by atoms with van der Waals surface area (Å²) in [5.41, 5.74) is 2.89. The Bertz CT molecular complexity index is 986. The number of carbonyl (C=O) groups is 1.